The van der Waals surface area contributed by atoms with Crippen LogP contribution in [0.5, 0.6) is 0 Å². The summed E-state index contributed by atoms with van der Waals surface area (Å²) in [6.45, 7) is 7.14. The first-order chi connectivity index (χ1) is 19.0. The SMILES string of the molecule is CCOC(=O)C(CC1CC1)NC(=O)[C@@H](Cc1ccccc1)NC(=O)[C@@H](Cc1ccccc1)NC(=O)OC(C)(C)C. The van der Waals surface area contributed by atoms with E-state index in [4.69, 9.17) is 9.47 Å². The minimum atomic E-state index is -1.00. The molecule has 0 heterocycles. The Morgan fingerprint density at radius 3 is 1.70 bits per heavy atom. The normalized spacial score (nSPS) is 15.2. The van der Waals surface area contributed by atoms with Gasteiger partial charge in [-0.05, 0) is 51.2 Å². The Bertz CT molecular complexity index is 1130. The van der Waals surface area contributed by atoms with Crippen molar-refractivity contribution in [3.8, 4) is 0 Å². The van der Waals surface area contributed by atoms with Gasteiger partial charge in [0, 0.05) is 12.8 Å². The molecule has 1 fully saturated rings. The molecule has 2 aromatic carbocycles. The van der Waals surface area contributed by atoms with Crippen LogP contribution in [0, 0.1) is 5.92 Å². The maximum absolute atomic E-state index is 13.6. The second-order valence-electron chi connectivity index (χ2n) is 11.1. The van der Waals surface area contributed by atoms with E-state index in [2.05, 4.69) is 16.0 Å². The molecule has 3 amide bonds. The fraction of sp³-hybridized carbons (Fsp3) is 0.484. The zero-order valence-electron chi connectivity index (χ0n) is 23.8. The van der Waals surface area contributed by atoms with Gasteiger partial charge in [0.25, 0.3) is 0 Å². The van der Waals surface area contributed by atoms with Crippen molar-refractivity contribution in [3.05, 3.63) is 71.8 Å². The van der Waals surface area contributed by atoms with Crippen molar-refractivity contribution in [2.75, 3.05) is 6.61 Å². The van der Waals surface area contributed by atoms with Crippen LogP contribution in [0.3, 0.4) is 0 Å². The number of alkyl carbamates (subject to hydrolysis) is 1. The number of esters is 1. The number of carbonyl (C=O) groups is 4. The third-order valence-electron chi connectivity index (χ3n) is 6.36. The van der Waals surface area contributed by atoms with Crippen molar-refractivity contribution < 1.29 is 28.7 Å². The Hall–Kier alpha value is -3.88. The first-order valence-corrected chi connectivity index (χ1v) is 13.9. The Morgan fingerprint density at radius 2 is 1.25 bits per heavy atom. The highest BCUT2D eigenvalue weighted by atomic mass is 16.6. The van der Waals surface area contributed by atoms with Crippen LogP contribution in [0.2, 0.25) is 0 Å². The molecule has 1 aliphatic rings. The highest BCUT2D eigenvalue weighted by molar-refractivity contribution is 5.93. The summed E-state index contributed by atoms with van der Waals surface area (Å²) in [6, 6.07) is 15.8. The lowest BCUT2D eigenvalue weighted by atomic mass is 10.0. The second-order valence-corrected chi connectivity index (χ2v) is 11.1. The second kappa shape index (κ2) is 14.5. The monoisotopic (exact) mass is 551 g/mol. The van der Waals surface area contributed by atoms with Crippen LogP contribution >= 0.6 is 0 Å². The third kappa shape index (κ3) is 10.7. The van der Waals surface area contributed by atoms with Gasteiger partial charge in [-0.15, -0.1) is 0 Å². The van der Waals surface area contributed by atoms with Gasteiger partial charge in [0.1, 0.15) is 23.7 Å². The van der Waals surface area contributed by atoms with Gasteiger partial charge >= 0.3 is 12.1 Å². The molecule has 1 saturated carbocycles. The molecule has 3 rings (SSSR count). The van der Waals surface area contributed by atoms with Crippen LogP contribution in [0.1, 0.15) is 58.1 Å². The average molecular weight is 552 g/mol. The van der Waals surface area contributed by atoms with Gasteiger partial charge < -0.3 is 25.4 Å². The summed E-state index contributed by atoms with van der Waals surface area (Å²) in [5, 5.41) is 8.31. The molecule has 0 bridgehead atoms. The average Bonchev–Trinajstić information content (AvgIpc) is 3.72. The molecule has 1 aliphatic carbocycles. The third-order valence-corrected chi connectivity index (χ3v) is 6.36. The Labute approximate surface area is 236 Å². The standard InChI is InChI=1S/C31H41N3O6/c1-5-39-29(37)26(20-23-16-17-23)33-27(35)24(18-21-12-8-6-9-13-21)32-28(36)25(19-22-14-10-7-11-15-22)34-30(38)40-31(2,3)4/h6-15,23-26H,5,16-20H2,1-4H3,(H,32,36)(H,33,35)(H,34,38)/t24-,25-,26?/m1/s1. The van der Waals surface area contributed by atoms with Crippen LogP contribution in [0.25, 0.3) is 0 Å². The van der Waals surface area contributed by atoms with Crippen molar-refractivity contribution in [2.45, 2.75) is 83.5 Å². The first-order valence-electron chi connectivity index (χ1n) is 13.9. The molecule has 0 aliphatic heterocycles. The number of hydrogen-bond acceptors (Lipinski definition) is 6. The fourth-order valence-corrected chi connectivity index (χ4v) is 4.26. The molecule has 216 valence electrons. The van der Waals surface area contributed by atoms with Gasteiger partial charge in [-0.1, -0.05) is 73.5 Å². The first kappa shape index (κ1) is 30.7. The molecular weight excluding hydrogens is 510 g/mol. The van der Waals surface area contributed by atoms with E-state index in [-0.39, 0.29) is 19.4 Å². The molecule has 1 unspecified atom stereocenters. The van der Waals surface area contributed by atoms with Crippen molar-refractivity contribution in [2.24, 2.45) is 5.92 Å². The van der Waals surface area contributed by atoms with Crippen molar-refractivity contribution in [1.29, 1.82) is 0 Å². The molecule has 0 spiro atoms. The predicted molar refractivity (Wildman–Crippen MR) is 151 cm³/mol. The molecule has 0 radical (unpaired) electrons. The summed E-state index contributed by atoms with van der Waals surface area (Å²) in [5.74, 6) is -1.15. The van der Waals surface area contributed by atoms with Gasteiger partial charge in [0.2, 0.25) is 11.8 Å². The van der Waals surface area contributed by atoms with Gasteiger partial charge in [-0.2, -0.15) is 0 Å². The smallest absolute Gasteiger partial charge is 0.408 e. The van der Waals surface area contributed by atoms with Gasteiger partial charge in [0.15, 0.2) is 0 Å². The van der Waals surface area contributed by atoms with Gasteiger partial charge in [-0.25, -0.2) is 9.59 Å². The zero-order chi connectivity index (χ0) is 29.1. The maximum atomic E-state index is 13.6. The zero-order valence-corrected chi connectivity index (χ0v) is 23.8. The van der Waals surface area contributed by atoms with Crippen molar-refractivity contribution in [1.82, 2.24) is 16.0 Å². The molecule has 40 heavy (non-hydrogen) atoms. The molecule has 0 aromatic heterocycles. The summed E-state index contributed by atoms with van der Waals surface area (Å²) < 4.78 is 10.6. The molecule has 0 saturated heterocycles. The Kier molecular flexibility index (Phi) is 11.1. The Morgan fingerprint density at radius 1 is 0.775 bits per heavy atom. The van der Waals surface area contributed by atoms with E-state index in [0.29, 0.717) is 12.3 Å². The molecule has 3 atom stereocenters. The molecular formula is C31H41N3O6. The van der Waals surface area contributed by atoms with Crippen LogP contribution < -0.4 is 16.0 Å². The summed E-state index contributed by atoms with van der Waals surface area (Å²) in [5.41, 5.74) is 0.907. The fourth-order valence-electron chi connectivity index (χ4n) is 4.26. The van der Waals surface area contributed by atoms with Crippen LogP contribution in [0.4, 0.5) is 4.79 Å². The molecule has 2 aromatic rings. The highest BCUT2D eigenvalue weighted by Gasteiger charge is 2.34. The van der Waals surface area contributed by atoms with E-state index in [1.165, 1.54) is 0 Å². The van der Waals surface area contributed by atoms with Crippen molar-refractivity contribution in [3.63, 3.8) is 0 Å². The van der Waals surface area contributed by atoms with Crippen LogP contribution in [0.15, 0.2) is 60.7 Å². The molecule has 3 N–H and O–H groups in total. The molecule has 9 nitrogen and oxygen atoms in total. The number of hydrogen-bond donors (Lipinski definition) is 3. The van der Waals surface area contributed by atoms with Crippen LogP contribution in [-0.4, -0.2) is 54.2 Å². The van der Waals surface area contributed by atoms with E-state index >= 15 is 0 Å². The largest absolute Gasteiger partial charge is 0.464 e. The molecule has 9 heteroatoms. The van der Waals surface area contributed by atoms with Crippen molar-refractivity contribution >= 4 is 23.9 Å². The number of ether oxygens (including phenoxy) is 2. The van der Waals surface area contributed by atoms with E-state index < -0.39 is 47.6 Å². The lowest BCUT2D eigenvalue weighted by Crippen LogP contribution is -2.57. The number of carbonyl (C=O) groups excluding carboxylic acids is 4. The quantitative estimate of drug-likeness (QED) is 0.326. The number of nitrogens with one attached hydrogen (secondary N) is 3. The topological polar surface area (TPSA) is 123 Å². The number of rotatable bonds is 13. The summed E-state index contributed by atoms with van der Waals surface area (Å²) in [7, 11) is 0. The highest BCUT2D eigenvalue weighted by Crippen LogP contribution is 2.33. The number of benzene rings is 2. The summed E-state index contributed by atoms with van der Waals surface area (Å²) in [4.78, 5) is 52.4. The lowest BCUT2D eigenvalue weighted by Gasteiger charge is -2.26. The van der Waals surface area contributed by atoms with E-state index in [1.807, 2.05) is 60.7 Å². The minimum Gasteiger partial charge on any atom is -0.464 e. The number of amides is 3. The lowest BCUT2D eigenvalue weighted by molar-refractivity contribution is -0.148. The van der Waals surface area contributed by atoms with E-state index in [1.54, 1.807) is 27.7 Å². The Balaban J connectivity index is 1.81. The van der Waals surface area contributed by atoms with Gasteiger partial charge in [-0.3, -0.25) is 9.59 Å². The van der Waals surface area contributed by atoms with Gasteiger partial charge in [0.05, 0.1) is 6.61 Å². The summed E-state index contributed by atoms with van der Waals surface area (Å²) in [6.07, 6.45) is 2.16. The summed E-state index contributed by atoms with van der Waals surface area (Å²) >= 11 is 0. The predicted octanol–water partition coefficient (Wildman–Crippen LogP) is 3.70. The maximum Gasteiger partial charge on any atom is 0.408 e. The van der Waals surface area contributed by atoms with E-state index in [9.17, 15) is 19.2 Å². The minimum absolute atomic E-state index is 0.193. The van der Waals surface area contributed by atoms with Crippen LogP contribution in [-0.2, 0) is 36.7 Å². The van der Waals surface area contributed by atoms with E-state index in [0.717, 1.165) is 24.0 Å².